The van der Waals surface area contributed by atoms with Crippen LogP contribution in [0.4, 0.5) is 11.5 Å². The van der Waals surface area contributed by atoms with Gasteiger partial charge in [-0.15, -0.1) is 0 Å². The largest absolute Gasteiger partial charge is 0.307 e. The SMILES string of the molecule is O=C(Nc1ccccn1)c1ccc([N+](=O)[O-])cc1I. The maximum Gasteiger partial charge on any atom is 0.270 e. The van der Waals surface area contributed by atoms with Crippen molar-refractivity contribution in [3.8, 4) is 0 Å². The van der Waals surface area contributed by atoms with Crippen LogP contribution in [0.15, 0.2) is 42.6 Å². The van der Waals surface area contributed by atoms with Gasteiger partial charge >= 0.3 is 0 Å². The number of anilines is 1. The summed E-state index contributed by atoms with van der Waals surface area (Å²) in [6, 6.07) is 9.24. The Kier molecular flexibility index (Phi) is 4.05. The summed E-state index contributed by atoms with van der Waals surface area (Å²) in [4.78, 5) is 26.1. The molecule has 7 heteroatoms. The average Bonchev–Trinajstić information content (AvgIpc) is 2.39. The molecular weight excluding hydrogens is 361 g/mol. The molecule has 0 atom stereocenters. The molecular formula is C12H8IN3O3. The number of rotatable bonds is 3. The molecule has 0 unspecified atom stereocenters. The number of amides is 1. The first-order chi connectivity index (χ1) is 9.08. The van der Waals surface area contributed by atoms with Crippen molar-refractivity contribution in [2.75, 3.05) is 5.32 Å². The van der Waals surface area contributed by atoms with E-state index in [1.807, 2.05) is 22.6 Å². The summed E-state index contributed by atoms with van der Waals surface area (Å²) < 4.78 is 0.514. The van der Waals surface area contributed by atoms with Gasteiger partial charge < -0.3 is 5.32 Å². The van der Waals surface area contributed by atoms with Crippen LogP contribution in [0.3, 0.4) is 0 Å². The van der Waals surface area contributed by atoms with E-state index in [1.165, 1.54) is 18.2 Å². The third kappa shape index (κ3) is 3.25. The third-order valence-electron chi connectivity index (χ3n) is 2.31. The lowest BCUT2D eigenvalue weighted by molar-refractivity contribution is -0.384. The Morgan fingerprint density at radius 2 is 2.11 bits per heavy atom. The summed E-state index contributed by atoms with van der Waals surface area (Å²) in [7, 11) is 0. The highest BCUT2D eigenvalue weighted by Crippen LogP contribution is 2.20. The molecule has 0 saturated heterocycles. The van der Waals surface area contributed by atoms with Crippen molar-refractivity contribution in [3.05, 3.63) is 61.8 Å². The maximum atomic E-state index is 12.0. The number of benzene rings is 1. The topological polar surface area (TPSA) is 85.1 Å². The monoisotopic (exact) mass is 369 g/mol. The van der Waals surface area contributed by atoms with Gasteiger partial charge in [0.05, 0.1) is 10.5 Å². The lowest BCUT2D eigenvalue weighted by Crippen LogP contribution is -2.14. The van der Waals surface area contributed by atoms with Crippen molar-refractivity contribution in [3.63, 3.8) is 0 Å². The molecule has 2 rings (SSSR count). The number of nitrogens with zero attached hydrogens (tertiary/aromatic N) is 2. The molecule has 96 valence electrons. The van der Waals surface area contributed by atoms with E-state index in [-0.39, 0.29) is 11.6 Å². The molecule has 0 aliphatic carbocycles. The molecule has 0 saturated carbocycles. The fourth-order valence-corrected chi connectivity index (χ4v) is 2.17. The van der Waals surface area contributed by atoms with Crippen LogP contribution in [-0.4, -0.2) is 15.8 Å². The van der Waals surface area contributed by atoms with Crippen LogP contribution in [0, 0.1) is 13.7 Å². The number of hydrogen-bond acceptors (Lipinski definition) is 4. The predicted octanol–water partition coefficient (Wildman–Crippen LogP) is 2.85. The van der Waals surface area contributed by atoms with E-state index >= 15 is 0 Å². The van der Waals surface area contributed by atoms with Crippen molar-refractivity contribution in [1.29, 1.82) is 0 Å². The molecule has 1 aromatic heterocycles. The molecule has 0 radical (unpaired) electrons. The van der Waals surface area contributed by atoms with Gasteiger partial charge in [-0.05, 0) is 40.8 Å². The number of nitrogens with one attached hydrogen (secondary N) is 1. The highest BCUT2D eigenvalue weighted by Gasteiger charge is 2.14. The fourth-order valence-electron chi connectivity index (χ4n) is 1.42. The molecule has 1 heterocycles. The summed E-state index contributed by atoms with van der Waals surface area (Å²) in [5, 5.41) is 13.2. The first-order valence-corrected chi connectivity index (χ1v) is 6.32. The average molecular weight is 369 g/mol. The summed E-state index contributed by atoms with van der Waals surface area (Å²) in [5.74, 6) is 0.0830. The molecule has 1 amide bonds. The molecule has 0 spiro atoms. The number of halogens is 1. The summed E-state index contributed by atoms with van der Waals surface area (Å²) in [5.41, 5.74) is 0.329. The molecule has 0 bridgehead atoms. The molecule has 0 aliphatic heterocycles. The first kappa shape index (κ1) is 13.4. The number of non-ortho nitro benzene ring substituents is 1. The van der Waals surface area contributed by atoms with Gasteiger partial charge in [-0.25, -0.2) is 4.98 Å². The first-order valence-electron chi connectivity index (χ1n) is 5.24. The van der Waals surface area contributed by atoms with Gasteiger partial charge in [0.25, 0.3) is 11.6 Å². The highest BCUT2D eigenvalue weighted by molar-refractivity contribution is 14.1. The van der Waals surface area contributed by atoms with E-state index in [0.717, 1.165) is 0 Å². The van der Waals surface area contributed by atoms with Crippen LogP contribution < -0.4 is 5.32 Å². The van der Waals surface area contributed by atoms with Crippen LogP contribution in [0.1, 0.15) is 10.4 Å². The van der Waals surface area contributed by atoms with Crippen molar-refractivity contribution in [1.82, 2.24) is 4.98 Å². The Morgan fingerprint density at radius 1 is 1.32 bits per heavy atom. The van der Waals surface area contributed by atoms with Crippen LogP contribution >= 0.6 is 22.6 Å². The van der Waals surface area contributed by atoms with E-state index in [2.05, 4.69) is 10.3 Å². The Morgan fingerprint density at radius 3 is 2.68 bits per heavy atom. The fraction of sp³-hybridized carbons (Fsp3) is 0. The van der Waals surface area contributed by atoms with Gasteiger partial charge in [0.2, 0.25) is 0 Å². The van der Waals surface area contributed by atoms with Crippen molar-refractivity contribution in [2.24, 2.45) is 0 Å². The van der Waals surface area contributed by atoms with Crippen LogP contribution in [0.5, 0.6) is 0 Å². The van der Waals surface area contributed by atoms with Gasteiger partial charge in [-0.2, -0.15) is 0 Å². The third-order valence-corrected chi connectivity index (χ3v) is 3.21. The van der Waals surface area contributed by atoms with E-state index in [9.17, 15) is 14.9 Å². The number of aromatic nitrogens is 1. The molecule has 1 aromatic carbocycles. The molecule has 0 aliphatic rings. The Labute approximate surface area is 122 Å². The van der Waals surface area contributed by atoms with Crippen molar-refractivity contribution in [2.45, 2.75) is 0 Å². The van der Waals surface area contributed by atoms with Crippen LogP contribution in [0.2, 0.25) is 0 Å². The minimum Gasteiger partial charge on any atom is -0.307 e. The van der Waals surface area contributed by atoms with Gasteiger partial charge in [-0.1, -0.05) is 6.07 Å². The predicted molar refractivity (Wildman–Crippen MR) is 78.0 cm³/mol. The normalized spacial score (nSPS) is 9.95. The zero-order valence-electron chi connectivity index (χ0n) is 9.54. The lowest BCUT2D eigenvalue weighted by atomic mass is 10.2. The number of carbonyl (C=O) groups is 1. The second-order valence-corrected chi connectivity index (χ2v) is 4.75. The Bertz CT molecular complexity index is 631. The van der Waals surface area contributed by atoms with Crippen molar-refractivity contribution >= 4 is 40.0 Å². The number of hydrogen-bond donors (Lipinski definition) is 1. The summed E-state index contributed by atoms with van der Waals surface area (Å²) >= 11 is 1.89. The van der Waals surface area contributed by atoms with E-state index in [4.69, 9.17) is 0 Å². The molecule has 2 aromatic rings. The van der Waals surface area contributed by atoms with Gasteiger partial charge in [0, 0.05) is 21.9 Å². The highest BCUT2D eigenvalue weighted by atomic mass is 127. The van der Waals surface area contributed by atoms with Gasteiger partial charge in [0.15, 0.2) is 0 Å². The number of carbonyl (C=O) groups excluding carboxylic acids is 1. The lowest BCUT2D eigenvalue weighted by Gasteiger charge is -2.05. The zero-order valence-corrected chi connectivity index (χ0v) is 11.7. The Hall–Kier alpha value is -2.03. The zero-order chi connectivity index (χ0) is 13.8. The van der Waals surface area contributed by atoms with E-state index in [1.54, 1.807) is 24.4 Å². The molecule has 1 N–H and O–H groups in total. The Balaban J connectivity index is 2.22. The van der Waals surface area contributed by atoms with Gasteiger partial charge in [-0.3, -0.25) is 14.9 Å². The molecule has 0 fully saturated rings. The van der Waals surface area contributed by atoms with Crippen LogP contribution in [-0.2, 0) is 0 Å². The summed E-state index contributed by atoms with van der Waals surface area (Å²) in [6.45, 7) is 0. The minimum absolute atomic E-state index is 0.0428. The van der Waals surface area contributed by atoms with E-state index in [0.29, 0.717) is 15.0 Å². The standard InChI is InChI=1S/C12H8IN3O3/c13-10-7-8(16(18)19)4-5-9(10)12(17)15-11-3-1-2-6-14-11/h1-7H,(H,14,15,17). The van der Waals surface area contributed by atoms with Crippen LogP contribution in [0.25, 0.3) is 0 Å². The van der Waals surface area contributed by atoms with E-state index < -0.39 is 4.92 Å². The molecule has 19 heavy (non-hydrogen) atoms. The number of nitro benzene ring substituents is 1. The molecule has 6 nitrogen and oxygen atoms in total. The minimum atomic E-state index is -0.497. The maximum absolute atomic E-state index is 12.0. The van der Waals surface area contributed by atoms with Crippen molar-refractivity contribution < 1.29 is 9.72 Å². The number of nitro groups is 1. The number of pyridine rings is 1. The quantitative estimate of drug-likeness (QED) is 0.512. The summed E-state index contributed by atoms with van der Waals surface area (Å²) in [6.07, 6.45) is 1.57. The smallest absolute Gasteiger partial charge is 0.270 e. The second kappa shape index (κ2) is 5.74. The van der Waals surface area contributed by atoms with Gasteiger partial charge in [0.1, 0.15) is 5.82 Å². The second-order valence-electron chi connectivity index (χ2n) is 3.59.